The Kier molecular flexibility index (Phi) is 15.7. The van der Waals surface area contributed by atoms with Crippen LogP contribution in [0.15, 0.2) is 0 Å². The molecule has 0 heterocycles. The first-order valence-corrected chi connectivity index (χ1v) is 9.73. The van der Waals surface area contributed by atoms with Gasteiger partial charge in [-0.3, -0.25) is 9.59 Å². The van der Waals surface area contributed by atoms with Crippen LogP contribution in [-0.2, 0) is 9.59 Å². The number of hydrogen-bond acceptors (Lipinski definition) is 2. The zero-order valence-electron chi connectivity index (χ0n) is 14.0. The molecule has 0 rings (SSSR count). The Labute approximate surface area is 146 Å². The van der Waals surface area contributed by atoms with Gasteiger partial charge in [0.05, 0.1) is 0 Å². The van der Waals surface area contributed by atoms with Gasteiger partial charge in [-0.1, -0.05) is 90.4 Å². The summed E-state index contributed by atoms with van der Waals surface area (Å²) in [5, 5.41) is -1.25. The molecule has 22 heavy (non-hydrogen) atoms. The zero-order chi connectivity index (χ0) is 16.6. The van der Waals surface area contributed by atoms with E-state index in [9.17, 15) is 9.59 Å². The van der Waals surface area contributed by atoms with E-state index in [0.717, 1.165) is 19.3 Å². The second-order valence-corrected chi connectivity index (χ2v) is 6.94. The normalized spacial score (nSPS) is 11.1. The number of halogens is 2. The van der Waals surface area contributed by atoms with Crippen molar-refractivity contribution in [3.63, 3.8) is 0 Å². The third-order valence-electron chi connectivity index (χ3n) is 4.14. The average Bonchev–Trinajstić information content (AvgIpc) is 2.46. The number of carbonyl (C=O) groups is 2. The summed E-state index contributed by atoms with van der Waals surface area (Å²) in [4.78, 5) is 22.0. The van der Waals surface area contributed by atoms with Gasteiger partial charge in [0.1, 0.15) is 5.92 Å². The molecular weight excluding hydrogens is 319 g/mol. The van der Waals surface area contributed by atoms with E-state index in [1.54, 1.807) is 0 Å². The van der Waals surface area contributed by atoms with Crippen molar-refractivity contribution in [2.75, 3.05) is 0 Å². The van der Waals surface area contributed by atoms with Crippen molar-refractivity contribution in [3.8, 4) is 0 Å². The molecule has 0 aliphatic rings. The molecule has 0 spiro atoms. The molecule has 0 bridgehead atoms. The summed E-state index contributed by atoms with van der Waals surface area (Å²) >= 11 is 10.7. The Morgan fingerprint density at radius 1 is 0.636 bits per heavy atom. The summed E-state index contributed by atoms with van der Waals surface area (Å²) in [6.07, 6.45) is 17.0. The maximum absolute atomic E-state index is 11.0. The Balaban J connectivity index is 3.26. The molecule has 0 saturated heterocycles. The molecule has 0 aromatic rings. The average molecular weight is 351 g/mol. The van der Waals surface area contributed by atoms with Gasteiger partial charge in [0.2, 0.25) is 10.5 Å². The van der Waals surface area contributed by atoms with Gasteiger partial charge in [-0.25, -0.2) is 0 Å². The number of hydrogen-bond donors (Lipinski definition) is 0. The van der Waals surface area contributed by atoms with Crippen molar-refractivity contribution >= 4 is 33.7 Å². The second kappa shape index (κ2) is 15.8. The fourth-order valence-corrected chi connectivity index (χ4v) is 3.15. The highest BCUT2D eigenvalue weighted by molar-refractivity contribution is 6.73. The first-order valence-electron chi connectivity index (χ1n) is 8.98. The lowest BCUT2D eigenvalue weighted by molar-refractivity contribution is -0.124. The van der Waals surface area contributed by atoms with Crippen LogP contribution in [-0.4, -0.2) is 10.5 Å². The first kappa shape index (κ1) is 21.9. The third-order valence-corrected chi connectivity index (χ3v) is 4.67. The molecule has 0 saturated carbocycles. The van der Waals surface area contributed by atoms with Crippen LogP contribution < -0.4 is 0 Å². The summed E-state index contributed by atoms with van der Waals surface area (Å²) in [5.41, 5.74) is 0. The molecule has 0 atom stereocenters. The molecule has 130 valence electrons. The summed E-state index contributed by atoms with van der Waals surface area (Å²) in [5.74, 6) is -0.809. The molecular formula is C18H32Cl2O2. The first-order chi connectivity index (χ1) is 10.6. The van der Waals surface area contributed by atoms with E-state index in [1.165, 1.54) is 64.2 Å². The van der Waals surface area contributed by atoms with Crippen LogP contribution in [0, 0.1) is 5.92 Å². The monoisotopic (exact) mass is 350 g/mol. The zero-order valence-corrected chi connectivity index (χ0v) is 15.6. The van der Waals surface area contributed by atoms with E-state index in [-0.39, 0.29) is 0 Å². The topological polar surface area (TPSA) is 34.1 Å². The molecule has 0 aromatic carbocycles. The molecule has 0 unspecified atom stereocenters. The van der Waals surface area contributed by atoms with Crippen LogP contribution in [0.5, 0.6) is 0 Å². The van der Waals surface area contributed by atoms with Gasteiger partial charge in [-0.15, -0.1) is 0 Å². The van der Waals surface area contributed by atoms with Crippen molar-refractivity contribution in [2.45, 2.75) is 96.8 Å². The van der Waals surface area contributed by atoms with Crippen LogP contribution in [0.25, 0.3) is 0 Å². The number of carbonyl (C=O) groups excluding carboxylic acids is 2. The molecule has 0 aliphatic carbocycles. The fraction of sp³-hybridized carbons (Fsp3) is 0.889. The lowest BCUT2D eigenvalue weighted by atomic mass is 10.0. The Hall–Kier alpha value is -0.0800. The van der Waals surface area contributed by atoms with E-state index >= 15 is 0 Å². The van der Waals surface area contributed by atoms with Crippen LogP contribution in [0.2, 0.25) is 0 Å². The van der Waals surface area contributed by atoms with Gasteiger partial charge in [-0.05, 0) is 29.6 Å². The van der Waals surface area contributed by atoms with E-state index in [0.29, 0.717) is 6.42 Å². The van der Waals surface area contributed by atoms with E-state index in [1.807, 2.05) is 0 Å². The smallest absolute Gasteiger partial charge is 0.233 e. The summed E-state index contributed by atoms with van der Waals surface area (Å²) in [6.45, 7) is 2.25. The van der Waals surface area contributed by atoms with Crippen LogP contribution in [0.1, 0.15) is 96.8 Å². The fourth-order valence-electron chi connectivity index (χ4n) is 2.68. The van der Waals surface area contributed by atoms with E-state index in [4.69, 9.17) is 23.2 Å². The summed E-state index contributed by atoms with van der Waals surface area (Å²) < 4.78 is 0. The van der Waals surface area contributed by atoms with Gasteiger partial charge in [0, 0.05) is 0 Å². The van der Waals surface area contributed by atoms with E-state index in [2.05, 4.69) is 6.92 Å². The van der Waals surface area contributed by atoms with Crippen LogP contribution >= 0.6 is 23.2 Å². The highest BCUT2D eigenvalue weighted by Gasteiger charge is 2.22. The quantitative estimate of drug-likeness (QED) is 0.178. The van der Waals surface area contributed by atoms with Crippen LogP contribution in [0.3, 0.4) is 0 Å². The van der Waals surface area contributed by atoms with Crippen LogP contribution in [0.4, 0.5) is 0 Å². The van der Waals surface area contributed by atoms with Crippen molar-refractivity contribution in [3.05, 3.63) is 0 Å². The molecule has 4 heteroatoms. The largest absolute Gasteiger partial charge is 0.280 e. The van der Waals surface area contributed by atoms with Gasteiger partial charge < -0.3 is 0 Å². The molecule has 0 fully saturated rings. The molecule has 0 radical (unpaired) electrons. The van der Waals surface area contributed by atoms with Gasteiger partial charge >= 0.3 is 0 Å². The van der Waals surface area contributed by atoms with Gasteiger partial charge in [-0.2, -0.15) is 0 Å². The predicted molar refractivity (Wildman–Crippen MR) is 95.5 cm³/mol. The standard InChI is InChI=1S/C18H32Cl2O2/c1-2-3-4-5-6-7-8-9-10-11-12-13-14-15-16(17(19)21)18(20)22/h16H,2-15H2,1H3. The Morgan fingerprint density at radius 2 is 0.955 bits per heavy atom. The number of unbranched alkanes of at least 4 members (excludes halogenated alkanes) is 12. The minimum Gasteiger partial charge on any atom is -0.280 e. The van der Waals surface area contributed by atoms with E-state index < -0.39 is 16.4 Å². The second-order valence-electron chi connectivity index (χ2n) is 6.19. The minimum absolute atomic E-state index is 0.489. The summed E-state index contributed by atoms with van der Waals surface area (Å²) in [6, 6.07) is 0. The molecule has 0 aliphatic heterocycles. The lowest BCUT2D eigenvalue weighted by Gasteiger charge is -2.07. The van der Waals surface area contributed by atoms with Crippen molar-refractivity contribution in [1.29, 1.82) is 0 Å². The molecule has 0 amide bonds. The number of rotatable bonds is 16. The molecule has 2 nitrogen and oxygen atoms in total. The lowest BCUT2D eigenvalue weighted by Crippen LogP contribution is -2.15. The Bertz CT molecular complexity index is 279. The van der Waals surface area contributed by atoms with Crippen molar-refractivity contribution in [2.24, 2.45) is 5.92 Å². The highest BCUT2D eigenvalue weighted by Crippen LogP contribution is 2.18. The van der Waals surface area contributed by atoms with Crippen molar-refractivity contribution < 1.29 is 9.59 Å². The van der Waals surface area contributed by atoms with Crippen molar-refractivity contribution in [1.82, 2.24) is 0 Å². The van der Waals surface area contributed by atoms with Gasteiger partial charge in [0.15, 0.2) is 0 Å². The maximum Gasteiger partial charge on any atom is 0.233 e. The minimum atomic E-state index is -0.809. The van der Waals surface area contributed by atoms with Gasteiger partial charge in [0.25, 0.3) is 0 Å². The predicted octanol–water partition coefficient (Wildman–Crippen LogP) is 6.61. The Morgan fingerprint density at radius 3 is 1.27 bits per heavy atom. The molecule has 0 N–H and O–H groups in total. The maximum atomic E-state index is 11.0. The molecule has 0 aromatic heterocycles. The SMILES string of the molecule is CCCCCCCCCCCCCCCC(C(=O)Cl)C(=O)Cl. The summed E-state index contributed by atoms with van der Waals surface area (Å²) in [7, 11) is 0. The third kappa shape index (κ3) is 13.6. The highest BCUT2D eigenvalue weighted by atomic mass is 35.5.